The summed E-state index contributed by atoms with van der Waals surface area (Å²) in [5, 5.41) is 0. The second kappa shape index (κ2) is 3.51. The molecule has 5 heteroatoms. The summed E-state index contributed by atoms with van der Waals surface area (Å²) < 4.78 is 23.5. The predicted octanol–water partition coefficient (Wildman–Crippen LogP) is 3.10. The van der Waals surface area contributed by atoms with Crippen LogP contribution >= 0.6 is 22.9 Å². The minimum absolute atomic E-state index is 0.115. The third kappa shape index (κ3) is 2.49. The van der Waals surface area contributed by atoms with Crippen molar-refractivity contribution in [2.24, 2.45) is 0 Å². The first-order valence-electron chi connectivity index (χ1n) is 4.12. The molecule has 1 aromatic heterocycles. The first kappa shape index (κ1) is 12.0. The van der Waals surface area contributed by atoms with Crippen LogP contribution in [0.25, 0.3) is 0 Å². The Bertz CT molecular complexity index is 438. The molecule has 0 atom stereocenters. The van der Waals surface area contributed by atoms with E-state index in [1.54, 1.807) is 6.07 Å². The molecule has 1 heterocycles. The molecule has 1 rings (SSSR count). The van der Waals surface area contributed by atoms with Gasteiger partial charge in [0.15, 0.2) is 9.84 Å². The van der Waals surface area contributed by atoms with Gasteiger partial charge in [-0.25, -0.2) is 8.42 Å². The SMILES string of the molecule is CC(C)(C)c1cc(S(C)(=O)=O)sc1Cl. The first-order valence-corrected chi connectivity index (χ1v) is 7.21. The quantitative estimate of drug-likeness (QED) is 0.770. The van der Waals surface area contributed by atoms with Gasteiger partial charge in [0.1, 0.15) is 4.21 Å². The van der Waals surface area contributed by atoms with Crippen molar-refractivity contribution >= 4 is 32.8 Å². The van der Waals surface area contributed by atoms with Gasteiger partial charge in [-0.2, -0.15) is 0 Å². The molecule has 0 saturated carbocycles. The Morgan fingerprint density at radius 3 is 2.07 bits per heavy atom. The van der Waals surface area contributed by atoms with E-state index in [1.165, 1.54) is 6.26 Å². The van der Waals surface area contributed by atoms with Gasteiger partial charge in [0.05, 0.1) is 4.34 Å². The van der Waals surface area contributed by atoms with Crippen molar-refractivity contribution < 1.29 is 8.42 Å². The molecule has 0 aliphatic heterocycles. The lowest BCUT2D eigenvalue weighted by atomic mass is 9.89. The van der Waals surface area contributed by atoms with Crippen molar-refractivity contribution in [2.75, 3.05) is 6.26 Å². The molecule has 0 saturated heterocycles. The summed E-state index contributed by atoms with van der Waals surface area (Å²) in [6.45, 7) is 6.02. The second-order valence-corrected chi connectivity index (χ2v) is 8.17. The van der Waals surface area contributed by atoms with Crippen molar-refractivity contribution in [3.05, 3.63) is 16.0 Å². The molecular formula is C9H13ClO2S2. The van der Waals surface area contributed by atoms with Gasteiger partial charge in [-0.15, -0.1) is 11.3 Å². The van der Waals surface area contributed by atoms with Crippen molar-refractivity contribution in [1.82, 2.24) is 0 Å². The minimum atomic E-state index is -3.13. The fraction of sp³-hybridized carbons (Fsp3) is 0.556. The molecule has 0 fully saturated rings. The second-order valence-electron chi connectivity index (χ2n) is 4.27. The molecule has 0 aliphatic rings. The molecule has 80 valence electrons. The van der Waals surface area contributed by atoms with Crippen LogP contribution in [0.2, 0.25) is 4.34 Å². The molecule has 0 aliphatic carbocycles. The molecular weight excluding hydrogens is 240 g/mol. The summed E-state index contributed by atoms with van der Waals surface area (Å²) in [7, 11) is -3.13. The fourth-order valence-electron chi connectivity index (χ4n) is 1.04. The van der Waals surface area contributed by atoms with E-state index in [1.807, 2.05) is 20.8 Å². The number of rotatable bonds is 1. The standard InChI is InChI=1S/C9H13ClO2S2/c1-9(2,3)6-5-7(13-8(6)10)14(4,11)12/h5H,1-4H3. The highest BCUT2D eigenvalue weighted by Crippen LogP contribution is 2.37. The first-order chi connectivity index (χ1) is 6.12. The average molecular weight is 253 g/mol. The molecule has 0 aromatic carbocycles. The fourth-order valence-corrected chi connectivity index (χ4v) is 3.78. The van der Waals surface area contributed by atoms with E-state index in [0.29, 0.717) is 8.55 Å². The molecule has 0 radical (unpaired) electrons. The van der Waals surface area contributed by atoms with Gasteiger partial charge in [-0.1, -0.05) is 32.4 Å². The van der Waals surface area contributed by atoms with Crippen molar-refractivity contribution in [3.8, 4) is 0 Å². The molecule has 1 aromatic rings. The molecule has 0 bridgehead atoms. The van der Waals surface area contributed by atoms with Crippen LogP contribution in [-0.4, -0.2) is 14.7 Å². The number of hydrogen-bond acceptors (Lipinski definition) is 3. The summed E-state index contributed by atoms with van der Waals surface area (Å²) >= 11 is 7.12. The molecule has 0 unspecified atom stereocenters. The zero-order chi connectivity index (χ0) is 11.1. The average Bonchev–Trinajstić information content (AvgIpc) is 2.27. The van der Waals surface area contributed by atoms with Crippen LogP contribution in [0.15, 0.2) is 10.3 Å². The lowest BCUT2D eigenvalue weighted by Gasteiger charge is -2.16. The van der Waals surface area contributed by atoms with Crippen LogP contribution in [0, 0.1) is 0 Å². The summed E-state index contributed by atoms with van der Waals surface area (Å²) in [6.07, 6.45) is 1.20. The van der Waals surface area contributed by atoms with E-state index < -0.39 is 9.84 Å². The van der Waals surface area contributed by atoms with Gasteiger partial charge in [-0.05, 0) is 17.0 Å². The van der Waals surface area contributed by atoms with E-state index in [0.717, 1.165) is 16.9 Å². The maximum absolute atomic E-state index is 11.3. The Labute approximate surface area is 93.8 Å². The zero-order valence-electron chi connectivity index (χ0n) is 8.59. The lowest BCUT2D eigenvalue weighted by Crippen LogP contribution is -2.10. The lowest BCUT2D eigenvalue weighted by molar-refractivity contribution is 0.590. The highest BCUT2D eigenvalue weighted by molar-refractivity contribution is 7.92. The summed E-state index contributed by atoms with van der Waals surface area (Å²) in [5.41, 5.74) is 0.779. The third-order valence-corrected chi connectivity index (χ3v) is 5.00. The third-order valence-electron chi connectivity index (χ3n) is 1.84. The maximum atomic E-state index is 11.3. The van der Waals surface area contributed by atoms with Crippen molar-refractivity contribution in [2.45, 2.75) is 30.4 Å². The van der Waals surface area contributed by atoms with Gasteiger partial charge in [0.25, 0.3) is 0 Å². The van der Waals surface area contributed by atoms with E-state index in [9.17, 15) is 8.42 Å². The van der Waals surface area contributed by atoms with Crippen LogP contribution < -0.4 is 0 Å². The number of halogens is 1. The van der Waals surface area contributed by atoms with Crippen LogP contribution in [0.1, 0.15) is 26.3 Å². The van der Waals surface area contributed by atoms with Gasteiger partial charge in [0.2, 0.25) is 0 Å². The molecule has 0 amide bonds. The van der Waals surface area contributed by atoms with Crippen LogP contribution in [-0.2, 0) is 15.3 Å². The molecule has 14 heavy (non-hydrogen) atoms. The highest BCUT2D eigenvalue weighted by Gasteiger charge is 2.23. The number of hydrogen-bond donors (Lipinski definition) is 0. The minimum Gasteiger partial charge on any atom is -0.223 e. The Kier molecular flexibility index (Phi) is 3.01. The van der Waals surface area contributed by atoms with E-state index in [2.05, 4.69) is 0 Å². The van der Waals surface area contributed by atoms with Crippen LogP contribution in [0.3, 0.4) is 0 Å². The van der Waals surface area contributed by atoms with Crippen LogP contribution in [0.5, 0.6) is 0 Å². The molecule has 0 N–H and O–H groups in total. The Balaban J connectivity index is 3.33. The smallest absolute Gasteiger partial charge is 0.184 e. The van der Waals surface area contributed by atoms with Gasteiger partial charge in [0, 0.05) is 6.26 Å². The predicted molar refractivity (Wildman–Crippen MR) is 61.1 cm³/mol. The summed E-state index contributed by atoms with van der Waals surface area (Å²) in [5.74, 6) is 0. The molecule has 2 nitrogen and oxygen atoms in total. The Hall–Kier alpha value is -0.0600. The van der Waals surface area contributed by atoms with Gasteiger partial charge < -0.3 is 0 Å². The van der Waals surface area contributed by atoms with Gasteiger partial charge in [-0.3, -0.25) is 0 Å². The highest BCUT2D eigenvalue weighted by atomic mass is 35.5. The topological polar surface area (TPSA) is 34.1 Å². The number of sulfone groups is 1. The monoisotopic (exact) mass is 252 g/mol. The Morgan fingerprint density at radius 1 is 1.36 bits per heavy atom. The van der Waals surface area contributed by atoms with E-state index in [4.69, 9.17) is 11.6 Å². The normalized spacial score (nSPS) is 13.2. The van der Waals surface area contributed by atoms with Crippen molar-refractivity contribution in [3.63, 3.8) is 0 Å². The summed E-state index contributed by atoms with van der Waals surface area (Å²) in [4.78, 5) is 0. The largest absolute Gasteiger partial charge is 0.223 e. The summed E-state index contributed by atoms with van der Waals surface area (Å²) in [6, 6.07) is 1.67. The zero-order valence-corrected chi connectivity index (χ0v) is 11.0. The van der Waals surface area contributed by atoms with Crippen molar-refractivity contribution in [1.29, 1.82) is 0 Å². The van der Waals surface area contributed by atoms with E-state index in [-0.39, 0.29) is 5.41 Å². The number of thiophene rings is 1. The van der Waals surface area contributed by atoms with Gasteiger partial charge >= 0.3 is 0 Å². The van der Waals surface area contributed by atoms with Crippen LogP contribution in [0.4, 0.5) is 0 Å². The molecule has 0 spiro atoms. The maximum Gasteiger partial charge on any atom is 0.184 e. The van der Waals surface area contributed by atoms with E-state index >= 15 is 0 Å². The Morgan fingerprint density at radius 2 is 1.86 bits per heavy atom.